The van der Waals surface area contributed by atoms with Gasteiger partial charge in [-0.05, 0) is 12.1 Å². The van der Waals surface area contributed by atoms with Crippen molar-refractivity contribution >= 4 is 5.97 Å². The molecule has 0 saturated carbocycles. The zero-order chi connectivity index (χ0) is 18.7. The molecule has 26 heavy (non-hydrogen) atoms. The molecular formula is C19H14F3NO3. The number of hydrogen-bond acceptors (Lipinski definition) is 3. The molecule has 1 N–H and O–H groups in total. The van der Waals surface area contributed by atoms with Crippen LogP contribution in [0.2, 0.25) is 0 Å². The fraction of sp³-hybridized carbons (Fsp3) is 0.158. The second kappa shape index (κ2) is 7.03. The smallest absolute Gasteiger partial charge is 0.416 e. The lowest BCUT2D eigenvalue weighted by molar-refractivity contribution is -0.138. The van der Waals surface area contributed by atoms with Crippen molar-refractivity contribution in [2.75, 3.05) is 0 Å². The van der Waals surface area contributed by atoms with Crippen molar-refractivity contribution in [1.82, 2.24) is 4.98 Å². The van der Waals surface area contributed by atoms with E-state index in [-0.39, 0.29) is 30.1 Å². The molecule has 0 atom stereocenters. The number of nitrogens with zero attached hydrogens (tertiary/aromatic N) is 1. The van der Waals surface area contributed by atoms with E-state index >= 15 is 0 Å². The number of carboxylic acids is 1. The fourth-order valence-corrected chi connectivity index (χ4v) is 2.51. The second-order valence-corrected chi connectivity index (χ2v) is 5.62. The molecule has 0 aliphatic rings. The molecule has 0 aliphatic carbocycles. The summed E-state index contributed by atoms with van der Waals surface area (Å²) in [5.74, 6) is -0.661. The van der Waals surface area contributed by atoms with E-state index in [9.17, 15) is 18.0 Å². The van der Waals surface area contributed by atoms with Crippen molar-refractivity contribution in [2.24, 2.45) is 0 Å². The van der Waals surface area contributed by atoms with Gasteiger partial charge in [0.1, 0.15) is 5.69 Å². The lowest BCUT2D eigenvalue weighted by Crippen LogP contribution is -2.04. The molecule has 0 aliphatic heterocycles. The van der Waals surface area contributed by atoms with Crippen LogP contribution in [0.4, 0.5) is 13.2 Å². The van der Waals surface area contributed by atoms with E-state index in [4.69, 9.17) is 9.52 Å². The summed E-state index contributed by atoms with van der Waals surface area (Å²) in [4.78, 5) is 15.1. The average Bonchev–Trinajstić information content (AvgIpc) is 3.04. The van der Waals surface area contributed by atoms with E-state index < -0.39 is 17.7 Å². The number of hydrogen-bond donors (Lipinski definition) is 1. The monoisotopic (exact) mass is 361 g/mol. The lowest BCUT2D eigenvalue weighted by Gasteiger charge is -2.08. The SMILES string of the molecule is O=C(O)CCc1nc(-c2ccccc2)c(-c2cccc(C(F)(F)F)c2)o1. The predicted octanol–water partition coefficient (Wildman–Crippen LogP) is 5.04. The summed E-state index contributed by atoms with van der Waals surface area (Å²) in [5, 5.41) is 8.82. The van der Waals surface area contributed by atoms with Crippen molar-refractivity contribution in [1.29, 1.82) is 0 Å². The van der Waals surface area contributed by atoms with E-state index in [1.54, 1.807) is 30.3 Å². The average molecular weight is 361 g/mol. The number of oxazole rings is 1. The van der Waals surface area contributed by atoms with Crippen LogP contribution in [-0.2, 0) is 17.4 Å². The molecular weight excluding hydrogens is 347 g/mol. The van der Waals surface area contributed by atoms with Crippen LogP contribution in [0.3, 0.4) is 0 Å². The van der Waals surface area contributed by atoms with Gasteiger partial charge in [-0.1, -0.05) is 42.5 Å². The van der Waals surface area contributed by atoms with Crippen LogP contribution in [0, 0.1) is 0 Å². The maximum Gasteiger partial charge on any atom is 0.416 e. The van der Waals surface area contributed by atoms with Gasteiger partial charge in [0.25, 0.3) is 0 Å². The molecule has 1 heterocycles. The molecule has 134 valence electrons. The van der Waals surface area contributed by atoms with Gasteiger partial charge >= 0.3 is 12.1 Å². The summed E-state index contributed by atoms with van der Waals surface area (Å²) in [5.41, 5.74) is 0.487. The molecule has 0 fully saturated rings. The number of aliphatic carboxylic acids is 1. The number of benzene rings is 2. The normalized spacial score (nSPS) is 11.5. The van der Waals surface area contributed by atoms with Gasteiger partial charge in [0.2, 0.25) is 0 Å². The number of rotatable bonds is 5. The highest BCUT2D eigenvalue weighted by molar-refractivity contribution is 5.77. The maximum absolute atomic E-state index is 13.0. The van der Waals surface area contributed by atoms with Crippen molar-refractivity contribution < 1.29 is 27.5 Å². The van der Waals surface area contributed by atoms with Crippen molar-refractivity contribution in [2.45, 2.75) is 19.0 Å². The third-order valence-electron chi connectivity index (χ3n) is 3.72. The molecule has 1 aromatic heterocycles. The molecule has 0 amide bonds. The van der Waals surface area contributed by atoms with E-state index in [2.05, 4.69) is 4.98 Å². The summed E-state index contributed by atoms with van der Waals surface area (Å²) in [6, 6.07) is 13.6. The number of aryl methyl sites for hydroxylation is 1. The highest BCUT2D eigenvalue weighted by Crippen LogP contribution is 2.36. The van der Waals surface area contributed by atoms with Gasteiger partial charge in [-0.2, -0.15) is 13.2 Å². The van der Waals surface area contributed by atoms with Gasteiger partial charge in [0.15, 0.2) is 11.7 Å². The molecule has 2 aromatic carbocycles. The number of carbonyl (C=O) groups is 1. The highest BCUT2D eigenvalue weighted by Gasteiger charge is 2.31. The second-order valence-electron chi connectivity index (χ2n) is 5.62. The Bertz CT molecular complexity index is 917. The van der Waals surface area contributed by atoms with Crippen LogP contribution in [-0.4, -0.2) is 16.1 Å². The van der Waals surface area contributed by atoms with E-state index in [1.807, 2.05) is 0 Å². The Hall–Kier alpha value is -3.09. The maximum atomic E-state index is 13.0. The van der Waals surface area contributed by atoms with Gasteiger partial charge < -0.3 is 9.52 Å². The van der Waals surface area contributed by atoms with Crippen molar-refractivity contribution in [3.05, 3.63) is 66.1 Å². The molecule has 0 unspecified atom stereocenters. The first-order valence-electron chi connectivity index (χ1n) is 7.79. The summed E-state index contributed by atoms with van der Waals surface area (Å²) in [6.45, 7) is 0. The van der Waals surface area contributed by atoms with Crippen LogP contribution in [0.1, 0.15) is 17.9 Å². The quantitative estimate of drug-likeness (QED) is 0.691. The number of halogens is 3. The van der Waals surface area contributed by atoms with Crippen molar-refractivity contribution in [3.8, 4) is 22.6 Å². The summed E-state index contributed by atoms with van der Waals surface area (Å²) in [7, 11) is 0. The zero-order valence-corrected chi connectivity index (χ0v) is 13.5. The lowest BCUT2D eigenvalue weighted by atomic mass is 10.0. The molecule has 0 spiro atoms. The number of carboxylic acid groups (broad SMARTS) is 1. The van der Waals surface area contributed by atoms with Gasteiger partial charge in [-0.3, -0.25) is 4.79 Å². The van der Waals surface area contributed by atoms with Crippen molar-refractivity contribution in [3.63, 3.8) is 0 Å². The largest absolute Gasteiger partial charge is 0.481 e. The van der Waals surface area contributed by atoms with Gasteiger partial charge in [0, 0.05) is 17.5 Å². The van der Waals surface area contributed by atoms with Crippen LogP contribution in [0.15, 0.2) is 59.0 Å². The summed E-state index contributed by atoms with van der Waals surface area (Å²) < 4.78 is 44.7. The standard InChI is InChI=1S/C19H14F3NO3/c20-19(21,22)14-8-4-7-13(11-14)18-17(12-5-2-1-3-6-12)23-15(26-18)9-10-16(24)25/h1-8,11H,9-10H2,(H,24,25). The van der Waals surface area contributed by atoms with Crippen LogP contribution in [0.5, 0.6) is 0 Å². The molecule has 0 bridgehead atoms. The Labute approximate surface area is 146 Å². The third kappa shape index (κ3) is 3.93. The summed E-state index contributed by atoms with van der Waals surface area (Å²) in [6.07, 6.45) is -4.61. The first kappa shape index (κ1) is 17.7. The van der Waals surface area contributed by atoms with E-state index in [0.717, 1.165) is 12.1 Å². The topological polar surface area (TPSA) is 63.3 Å². The molecule has 0 saturated heterocycles. The van der Waals surface area contributed by atoms with Gasteiger partial charge in [-0.25, -0.2) is 4.98 Å². The molecule has 3 rings (SSSR count). The van der Waals surface area contributed by atoms with Crippen LogP contribution >= 0.6 is 0 Å². The minimum Gasteiger partial charge on any atom is -0.481 e. The Morgan fingerprint density at radius 3 is 2.38 bits per heavy atom. The van der Waals surface area contributed by atoms with Gasteiger partial charge in [0.05, 0.1) is 12.0 Å². The number of alkyl halides is 3. The fourth-order valence-electron chi connectivity index (χ4n) is 2.51. The Morgan fingerprint density at radius 1 is 1.04 bits per heavy atom. The predicted molar refractivity (Wildman–Crippen MR) is 88.3 cm³/mol. The zero-order valence-electron chi connectivity index (χ0n) is 13.5. The van der Waals surface area contributed by atoms with Crippen LogP contribution < -0.4 is 0 Å². The third-order valence-corrected chi connectivity index (χ3v) is 3.72. The minimum atomic E-state index is -4.48. The summed E-state index contributed by atoms with van der Waals surface area (Å²) >= 11 is 0. The Morgan fingerprint density at radius 2 is 1.73 bits per heavy atom. The Kier molecular flexibility index (Phi) is 4.79. The van der Waals surface area contributed by atoms with Gasteiger partial charge in [-0.15, -0.1) is 0 Å². The first-order chi connectivity index (χ1) is 12.3. The number of aromatic nitrogens is 1. The van der Waals surface area contributed by atoms with E-state index in [0.29, 0.717) is 11.3 Å². The molecule has 7 heteroatoms. The highest BCUT2D eigenvalue weighted by atomic mass is 19.4. The molecule has 4 nitrogen and oxygen atoms in total. The van der Waals surface area contributed by atoms with Crippen LogP contribution in [0.25, 0.3) is 22.6 Å². The Balaban J connectivity index is 2.09. The van der Waals surface area contributed by atoms with E-state index in [1.165, 1.54) is 12.1 Å². The molecule has 0 radical (unpaired) electrons. The minimum absolute atomic E-state index is 0.0497. The molecule has 3 aromatic rings. The first-order valence-corrected chi connectivity index (χ1v) is 7.79.